The van der Waals surface area contributed by atoms with E-state index in [1.165, 1.54) is 0 Å². The van der Waals surface area contributed by atoms with Crippen LogP contribution in [0.25, 0.3) is 0 Å². The molecule has 144 valence electrons. The molecule has 27 heavy (non-hydrogen) atoms. The molecule has 0 aromatic heterocycles. The monoisotopic (exact) mass is 387 g/mol. The standard InChI is InChI=1S/C19H26BNO5Si/c1-19(2,3)27(4,5)24-11-15-14(10-16(20)25-15)26-21-17(22)12-8-6-7-9-13(12)18(21)23/h6-9,14-16H,10-11H2,1-5H3/t14?,15-,16-/m1/s1. The van der Waals surface area contributed by atoms with E-state index in [1.807, 2.05) is 0 Å². The molecule has 1 fully saturated rings. The molecule has 0 aliphatic carbocycles. The van der Waals surface area contributed by atoms with Gasteiger partial charge in [-0.15, -0.1) is 5.06 Å². The van der Waals surface area contributed by atoms with Crippen molar-refractivity contribution in [1.29, 1.82) is 0 Å². The van der Waals surface area contributed by atoms with Gasteiger partial charge in [0.2, 0.25) is 0 Å². The molecule has 3 atom stereocenters. The summed E-state index contributed by atoms with van der Waals surface area (Å²) in [5.74, 6) is -0.916. The van der Waals surface area contributed by atoms with Gasteiger partial charge in [0.15, 0.2) is 8.32 Å². The highest BCUT2D eigenvalue weighted by Gasteiger charge is 2.44. The zero-order chi connectivity index (χ0) is 20.0. The highest BCUT2D eigenvalue weighted by molar-refractivity contribution is 6.74. The van der Waals surface area contributed by atoms with E-state index in [0.717, 1.165) is 5.06 Å². The Morgan fingerprint density at radius 1 is 1.19 bits per heavy atom. The predicted octanol–water partition coefficient (Wildman–Crippen LogP) is 2.89. The van der Waals surface area contributed by atoms with Crippen molar-refractivity contribution in [2.75, 3.05) is 6.61 Å². The number of fused-ring (bicyclic) bond motifs is 1. The smallest absolute Gasteiger partial charge is 0.285 e. The number of rotatable bonds is 5. The van der Waals surface area contributed by atoms with Crippen molar-refractivity contribution >= 4 is 28.0 Å². The van der Waals surface area contributed by atoms with E-state index >= 15 is 0 Å². The molecule has 0 N–H and O–H groups in total. The van der Waals surface area contributed by atoms with E-state index in [4.69, 9.17) is 21.8 Å². The molecule has 2 heterocycles. The Balaban J connectivity index is 1.69. The number of nitrogens with zero attached hydrogens (tertiary/aromatic N) is 1. The second-order valence-corrected chi connectivity index (χ2v) is 13.4. The lowest BCUT2D eigenvalue weighted by Gasteiger charge is -2.37. The molecule has 0 bridgehead atoms. The number of amides is 2. The molecule has 1 saturated heterocycles. The molecule has 3 rings (SSSR count). The van der Waals surface area contributed by atoms with Crippen LogP contribution < -0.4 is 0 Å². The molecular formula is C19H26BNO5Si. The lowest BCUT2D eigenvalue weighted by atomic mass is 9.96. The maximum atomic E-state index is 12.5. The van der Waals surface area contributed by atoms with Crippen LogP contribution in [0, 0.1) is 0 Å². The molecule has 2 amide bonds. The first-order valence-corrected chi connectivity index (χ1v) is 12.1. The van der Waals surface area contributed by atoms with E-state index < -0.39 is 38.3 Å². The van der Waals surface area contributed by atoms with E-state index in [-0.39, 0.29) is 5.04 Å². The largest absolute Gasteiger partial charge is 0.414 e. The van der Waals surface area contributed by atoms with Gasteiger partial charge in [0.1, 0.15) is 20.1 Å². The molecule has 2 aliphatic rings. The van der Waals surface area contributed by atoms with Gasteiger partial charge in [-0.2, -0.15) is 0 Å². The van der Waals surface area contributed by atoms with Gasteiger partial charge >= 0.3 is 0 Å². The SMILES string of the molecule is [B][C@H]1CC(ON2C(=O)c3ccccc3C2=O)[C@@H](CO[Si](C)(C)C(C)(C)C)O1. The Kier molecular flexibility index (Phi) is 5.38. The summed E-state index contributed by atoms with van der Waals surface area (Å²) in [5.41, 5.74) is 0.694. The lowest BCUT2D eigenvalue weighted by Crippen LogP contribution is -2.45. The third-order valence-corrected chi connectivity index (χ3v) is 10.1. The molecule has 2 radical (unpaired) electrons. The highest BCUT2D eigenvalue weighted by Crippen LogP contribution is 2.37. The zero-order valence-electron chi connectivity index (χ0n) is 16.5. The third kappa shape index (κ3) is 3.89. The maximum absolute atomic E-state index is 12.5. The van der Waals surface area contributed by atoms with Crippen LogP contribution in [0.4, 0.5) is 0 Å². The minimum Gasteiger partial charge on any atom is -0.414 e. The second-order valence-electron chi connectivity index (χ2n) is 8.61. The number of carbonyl (C=O) groups is 2. The van der Waals surface area contributed by atoms with Gasteiger partial charge in [0.25, 0.3) is 11.8 Å². The van der Waals surface area contributed by atoms with Crippen molar-refractivity contribution in [1.82, 2.24) is 5.06 Å². The Hall–Kier alpha value is -1.48. The average Bonchev–Trinajstić information content (AvgIpc) is 3.05. The highest BCUT2D eigenvalue weighted by atomic mass is 28.4. The van der Waals surface area contributed by atoms with E-state index in [9.17, 15) is 9.59 Å². The van der Waals surface area contributed by atoms with Gasteiger partial charge in [-0.25, -0.2) is 0 Å². The van der Waals surface area contributed by atoms with Gasteiger partial charge in [0.05, 0.1) is 17.7 Å². The lowest BCUT2D eigenvalue weighted by molar-refractivity contribution is -0.152. The number of hydroxylamine groups is 2. The van der Waals surface area contributed by atoms with E-state index in [2.05, 4.69) is 33.9 Å². The number of imide groups is 1. The topological polar surface area (TPSA) is 65.1 Å². The van der Waals surface area contributed by atoms with Crippen molar-refractivity contribution < 1.29 is 23.6 Å². The summed E-state index contributed by atoms with van der Waals surface area (Å²) in [4.78, 5) is 30.8. The van der Waals surface area contributed by atoms with Crippen LogP contribution in [0.1, 0.15) is 47.9 Å². The Labute approximate surface area is 162 Å². The molecular weight excluding hydrogens is 361 g/mol. The van der Waals surface area contributed by atoms with Crippen LogP contribution in [-0.4, -0.2) is 57.9 Å². The van der Waals surface area contributed by atoms with Gasteiger partial charge in [-0.1, -0.05) is 32.9 Å². The number of ether oxygens (including phenoxy) is 1. The van der Waals surface area contributed by atoms with E-state index in [0.29, 0.717) is 24.2 Å². The van der Waals surface area contributed by atoms with Gasteiger partial charge in [-0.05, 0) is 36.7 Å². The second kappa shape index (κ2) is 7.16. The fourth-order valence-electron chi connectivity index (χ4n) is 2.91. The number of hydrogen-bond donors (Lipinski definition) is 0. The first-order valence-electron chi connectivity index (χ1n) is 9.21. The van der Waals surface area contributed by atoms with E-state index in [1.54, 1.807) is 24.3 Å². The van der Waals surface area contributed by atoms with Crippen molar-refractivity contribution in [2.45, 2.75) is 63.5 Å². The molecule has 0 saturated carbocycles. The van der Waals surface area contributed by atoms with Crippen LogP contribution in [0.5, 0.6) is 0 Å². The summed E-state index contributed by atoms with van der Waals surface area (Å²) in [7, 11) is 3.96. The van der Waals surface area contributed by atoms with Gasteiger partial charge < -0.3 is 9.16 Å². The number of benzene rings is 1. The fourth-order valence-corrected chi connectivity index (χ4v) is 3.93. The molecule has 2 aliphatic heterocycles. The van der Waals surface area contributed by atoms with Crippen LogP contribution in [0.15, 0.2) is 24.3 Å². The summed E-state index contributed by atoms with van der Waals surface area (Å²) in [6.07, 6.45) is -0.565. The first kappa shape index (κ1) is 20.3. The van der Waals surface area contributed by atoms with Crippen LogP contribution in [0.3, 0.4) is 0 Å². The molecule has 8 heteroatoms. The van der Waals surface area contributed by atoms with Crippen LogP contribution >= 0.6 is 0 Å². The van der Waals surface area contributed by atoms with Crippen LogP contribution in [-0.2, 0) is 14.0 Å². The number of hydrogen-bond acceptors (Lipinski definition) is 5. The van der Waals surface area contributed by atoms with Gasteiger partial charge in [-0.3, -0.25) is 14.4 Å². The number of carbonyl (C=O) groups excluding carboxylic acids is 2. The molecule has 0 spiro atoms. The summed E-state index contributed by atoms with van der Waals surface area (Å²) < 4.78 is 12.0. The normalized spacial score (nSPS) is 26.0. The summed E-state index contributed by atoms with van der Waals surface area (Å²) >= 11 is 0. The quantitative estimate of drug-likeness (QED) is 0.574. The fraction of sp³-hybridized carbons (Fsp3) is 0.579. The molecule has 1 unspecified atom stereocenters. The minimum absolute atomic E-state index is 0.0621. The zero-order valence-corrected chi connectivity index (χ0v) is 17.5. The van der Waals surface area contributed by atoms with Crippen molar-refractivity contribution in [2.24, 2.45) is 0 Å². The summed E-state index contributed by atoms with van der Waals surface area (Å²) in [6, 6.07) is 6.16. The molecule has 1 aromatic rings. The predicted molar refractivity (Wildman–Crippen MR) is 104 cm³/mol. The summed E-state index contributed by atoms with van der Waals surface area (Å²) in [6.45, 7) is 11.1. The average molecular weight is 387 g/mol. The Morgan fingerprint density at radius 3 is 2.26 bits per heavy atom. The van der Waals surface area contributed by atoms with Crippen molar-refractivity contribution in [3.63, 3.8) is 0 Å². The maximum Gasteiger partial charge on any atom is 0.285 e. The third-order valence-electron chi connectivity index (χ3n) is 5.64. The van der Waals surface area contributed by atoms with Gasteiger partial charge in [0, 0.05) is 6.00 Å². The first-order chi connectivity index (χ1) is 12.5. The summed E-state index contributed by atoms with van der Waals surface area (Å²) in [5, 5.41) is 0.892. The van der Waals surface area contributed by atoms with Crippen molar-refractivity contribution in [3.8, 4) is 0 Å². The van der Waals surface area contributed by atoms with Crippen LogP contribution in [0.2, 0.25) is 18.1 Å². The Morgan fingerprint density at radius 2 is 1.74 bits per heavy atom. The van der Waals surface area contributed by atoms with Crippen molar-refractivity contribution in [3.05, 3.63) is 35.4 Å². The molecule has 1 aromatic carbocycles. The minimum atomic E-state index is -1.97. The Bertz CT molecular complexity index is 713. The molecule has 6 nitrogen and oxygen atoms in total.